The first-order chi connectivity index (χ1) is 8.93. The summed E-state index contributed by atoms with van der Waals surface area (Å²) in [4.78, 5) is 12.7. The maximum Gasteiger partial charge on any atom is 0.416 e. The van der Waals surface area contributed by atoms with Crippen molar-refractivity contribution in [3.63, 3.8) is 0 Å². The van der Waals surface area contributed by atoms with Crippen molar-refractivity contribution in [3.8, 4) is 0 Å². The molecule has 1 aliphatic rings. The van der Waals surface area contributed by atoms with Crippen LogP contribution in [0.2, 0.25) is 0 Å². The number of cyclic esters (lactones) is 1. The van der Waals surface area contributed by atoms with E-state index in [-0.39, 0.29) is 25.3 Å². The van der Waals surface area contributed by atoms with Crippen molar-refractivity contribution >= 4 is 11.8 Å². The zero-order valence-corrected chi connectivity index (χ0v) is 9.85. The number of anilines is 1. The number of hydrogen-bond acceptors (Lipinski definition) is 3. The van der Waals surface area contributed by atoms with Gasteiger partial charge in [0.05, 0.1) is 11.6 Å². The van der Waals surface area contributed by atoms with Crippen molar-refractivity contribution in [2.45, 2.75) is 18.6 Å². The number of amides is 1. The van der Waals surface area contributed by atoms with Gasteiger partial charge < -0.3 is 9.84 Å². The molecule has 0 saturated carbocycles. The molecule has 4 nitrogen and oxygen atoms in total. The molecule has 0 aliphatic carbocycles. The zero-order chi connectivity index (χ0) is 14.0. The minimum atomic E-state index is -4.47. The Kier molecular flexibility index (Phi) is 3.66. The second kappa shape index (κ2) is 5.08. The number of halogens is 3. The average molecular weight is 275 g/mol. The van der Waals surface area contributed by atoms with Crippen molar-refractivity contribution in [2.75, 3.05) is 18.1 Å². The maximum absolute atomic E-state index is 12.6. The summed E-state index contributed by atoms with van der Waals surface area (Å²) >= 11 is 0. The molecular formula is C12H12F3NO3. The van der Waals surface area contributed by atoms with Crippen LogP contribution in [-0.4, -0.2) is 30.5 Å². The number of aliphatic hydroxyl groups is 1. The standard InChI is InChI=1S/C12H12F3NO3/c13-12(14,15)8-2-1-3-9(6-8)16-10(4-5-17)7-19-11(16)18/h1-3,6,10,17H,4-5,7H2. The summed E-state index contributed by atoms with van der Waals surface area (Å²) < 4.78 is 42.7. The molecule has 104 valence electrons. The van der Waals surface area contributed by atoms with Gasteiger partial charge in [-0.25, -0.2) is 4.79 Å². The Morgan fingerprint density at radius 3 is 2.79 bits per heavy atom. The number of benzene rings is 1. The van der Waals surface area contributed by atoms with E-state index in [0.717, 1.165) is 17.0 Å². The van der Waals surface area contributed by atoms with E-state index in [0.29, 0.717) is 0 Å². The van der Waals surface area contributed by atoms with Crippen LogP contribution in [0.1, 0.15) is 12.0 Å². The highest BCUT2D eigenvalue weighted by molar-refractivity contribution is 5.90. The SMILES string of the molecule is O=C1OCC(CCO)N1c1cccc(C(F)(F)F)c1. The van der Waals surface area contributed by atoms with E-state index in [1.54, 1.807) is 0 Å². The highest BCUT2D eigenvalue weighted by Gasteiger charge is 2.36. The molecule has 1 N–H and O–H groups in total. The van der Waals surface area contributed by atoms with Crippen molar-refractivity contribution in [1.82, 2.24) is 0 Å². The third-order valence-electron chi connectivity index (χ3n) is 2.88. The highest BCUT2D eigenvalue weighted by Crippen LogP contribution is 2.33. The van der Waals surface area contributed by atoms with Crippen molar-refractivity contribution < 1.29 is 27.8 Å². The van der Waals surface area contributed by atoms with Gasteiger partial charge in [-0.1, -0.05) is 6.07 Å². The van der Waals surface area contributed by atoms with Crippen LogP contribution in [0.5, 0.6) is 0 Å². The number of rotatable bonds is 3. The van der Waals surface area contributed by atoms with Crippen molar-refractivity contribution in [2.24, 2.45) is 0 Å². The lowest BCUT2D eigenvalue weighted by Crippen LogP contribution is -2.34. The Balaban J connectivity index is 2.32. The fraction of sp³-hybridized carbons (Fsp3) is 0.417. The van der Waals surface area contributed by atoms with Gasteiger partial charge in [-0.2, -0.15) is 13.2 Å². The van der Waals surface area contributed by atoms with Gasteiger partial charge in [0.1, 0.15) is 6.61 Å². The number of alkyl halides is 3. The van der Waals surface area contributed by atoms with Crippen LogP contribution in [-0.2, 0) is 10.9 Å². The molecule has 2 rings (SSSR count). The first kappa shape index (κ1) is 13.7. The van der Waals surface area contributed by atoms with Crippen molar-refractivity contribution in [3.05, 3.63) is 29.8 Å². The molecule has 1 fully saturated rings. The third-order valence-corrected chi connectivity index (χ3v) is 2.88. The smallest absolute Gasteiger partial charge is 0.416 e. The third kappa shape index (κ3) is 2.81. The lowest BCUT2D eigenvalue weighted by atomic mass is 10.1. The minimum absolute atomic E-state index is 0.0651. The topological polar surface area (TPSA) is 49.8 Å². The van der Waals surface area contributed by atoms with E-state index < -0.39 is 23.9 Å². The maximum atomic E-state index is 12.6. The summed E-state index contributed by atoms with van der Waals surface area (Å²) in [6, 6.07) is 4.04. The van der Waals surface area contributed by atoms with Crippen LogP contribution in [0.3, 0.4) is 0 Å². The zero-order valence-electron chi connectivity index (χ0n) is 9.85. The molecule has 0 spiro atoms. The Morgan fingerprint density at radius 1 is 1.42 bits per heavy atom. The summed E-state index contributed by atoms with van der Waals surface area (Å²) in [5.41, 5.74) is -0.705. The van der Waals surface area contributed by atoms with Crippen LogP contribution in [0.4, 0.5) is 23.7 Å². The summed E-state index contributed by atoms with van der Waals surface area (Å²) in [7, 11) is 0. The lowest BCUT2D eigenvalue weighted by molar-refractivity contribution is -0.137. The number of nitrogens with zero attached hydrogens (tertiary/aromatic N) is 1. The van der Waals surface area contributed by atoms with Gasteiger partial charge in [-0.3, -0.25) is 4.90 Å². The number of hydrogen-bond donors (Lipinski definition) is 1. The molecule has 7 heteroatoms. The summed E-state index contributed by atoms with van der Waals surface area (Å²) in [6.45, 7) is -0.105. The molecule has 1 atom stereocenters. The molecule has 1 unspecified atom stereocenters. The molecule has 1 aliphatic heterocycles. The molecule has 19 heavy (non-hydrogen) atoms. The van der Waals surface area contributed by atoms with E-state index in [1.807, 2.05) is 0 Å². The lowest BCUT2D eigenvalue weighted by Gasteiger charge is -2.21. The average Bonchev–Trinajstić information content (AvgIpc) is 2.70. The monoisotopic (exact) mass is 275 g/mol. The van der Waals surface area contributed by atoms with Crippen LogP contribution < -0.4 is 4.90 Å². The normalized spacial score (nSPS) is 19.7. The van der Waals surface area contributed by atoms with Gasteiger partial charge in [0.2, 0.25) is 0 Å². The fourth-order valence-electron chi connectivity index (χ4n) is 1.97. The Labute approximate surface area is 107 Å². The fourth-order valence-corrected chi connectivity index (χ4v) is 1.97. The van der Waals surface area contributed by atoms with Crippen LogP contribution in [0.15, 0.2) is 24.3 Å². The number of ether oxygens (including phenoxy) is 1. The van der Waals surface area contributed by atoms with Gasteiger partial charge in [0.15, 0.2) is 0 Å². The van der Waals surface area contributed by atoms with Crippen LogP contribution >= 0.6 is 0 Å². The molecular weight excluding hydrogens is 263 g/mol. The predicted octanol–water partition coefficient (Wildman–Crippen LogP) is 2.41. The Hall–Kier alpha value is -1.76. The Bertz CT molecular complexity index is 476. The molecule has 0 bridgehead atoms. The van der Waals surface area contributed by atoms with Gasteiger partial charge in [-0.15, -0.1) is 0 Å². The molecule has 0 radical (unpaired) electrons. The van der Waals surface area contributed by atoms with Crippen molar-refractivity contribution in [1.29, 1.82) is 0 Å². The minimum Gasteiger partial charge on any atom is -0.447 e. The number of carbonyl (C=O) groups excluding carboxylic acids is 1. The van der Waals surface area contributed by atoms with E-state index in [4.69, 9.17) is 9.84 Å². The summed E-state index contributed by atoms with van der Waals surface area (Å²) in [5, 5.41) is 8.89. The van der Waals surface area contributed by atoms with E-state index in [1.165, 1.54) is 12.1 Å². The van der Waals surface area contributed by atoms with E-state index in [9.17, 15) is 18.0 Å². The summed E-state index contributed by atoms with van der Waals surface area (Å²) in [5.74, 6) is 0. The van der Waals surface area contributed by atoms with E-state index in [2.05, 4.69) is 0 Å². The molecule has 1 aromatic carbocycles. The number of carbonyl (C=O) groups is 1. The van der Waals surface area contributed by atoms with Gasteiger partial charge in [-0.05, 0) is 24.6 Å². The molecule has 0 aromatic heterocycles. The van der Waals surface area contributed by atoms with Crippen LogP contribution in [0, 0.1) is 0 Å². The molecule has 1 aromatic rings. The second-order valence-corrected chi connectivity index (χ2v) is 4.16. The predicted molar refractivity (Wildman–Crippen MR) is 60.8 cm³/mol. The van der Waals surface area contributed by atoms with Gasteiger partial charge >= 0.3 is 12.3 Å². The molecule has 1 amide bonds. The molecule has 1 heterocycles. The van der Waals surface area contributed by atoms with E-state index >= 15 is 0 Å². The van der Waals surface area contributed by atoms with Gasteiger partial charge in [0.25, 0.3) is 0 Å². The quantitative estimate of drug-likeness (QED) is 0.921. The largest absolute Gasteiger partial charge is 0.447 e. The first-order valence-corrected chi connectivity index (χ1v) is 5.67. The molecule has 1 saturated heterocycles. The van der Waals surface area contributed by atoms with Gasteiger partial charge in [0, 0.05) is 12.3 Å². The Morgan fingerprint density at radius 2 is 2.16 bits per heavy atom. The highest BCUT2D eigenvalue weighted by atomic mass is 19.4. The summed E-state index contributed by atoms with van der Waals surface area (Å²) in [6.07, 6.45) is -4.91. The number of aliphatic hydroxyl groups excluding tert-OH is 1. The first-order valence-electron chi connectivity index (χ1n) is 5.67. The second-order valence-electron chi connectivity index (χ2n) is 4.16. The van der Waals surface area contributed by atoms with Crippen LogP contribution in [0.25, 0.3) is 0 Å².